The minimum absolute atomic E-state index is 0.141. The molecule has 0 spiro atoms. The van der Waals surface area contributed by atoms with E-state index in [1.807, 2.05) is 54.6 Å². The molecule has 0 atom stereocenters. The third-order valence-electron chi connectivity index (χ3n) is 5.06. The fourth-order valence-corrected chi connectivity index (χ4v) is 3.34. The van der Waals surface area contributed by atoms with Crippen LogP contribution >= 0.6 is 0 Å². The SMILES string of the molecule is COc1ccc(C(=O)NCCc2ccc(OC)c(OC)c2)cc1COCc1ccccc1. The maximum Gasteiger partial charge on any atom is 0.251 e. The summed E-state index contributed by atoms with van der Waals surface area (Å²) in [7, 11) is 4.82. The summed E-state index contributed by atoms with van der Waals surface area (Å²) in [6.45, 7) is 1.34. The van der Waals surface area contributed by atoms with Gasteiger partial charge in [0.2, 0.25) is 0 Å². The first-order valence-corrected chi connectivity index (χ1v) is 10.4. The average Bonchev–Trinajstić information content (AvgIpc) is 2.84. The van der Waals surface area contributed by atoms with Gasteiger partial charge in [0, 0.05) is 17.7 Å². The van der Waals surface area contributed by atoms with Crippen LogP contribution in [0.25, 0.3) is 0 Å². The Bertz CT molecular complexity index is 1020. The van der Waals surface area contributed by atoms with Crippen LogP contribution in [0.5, 0.6) is 17.2 Å². The number of carbonyl (C=O) groups is 1. The van der Waals surface area contributed by atoms with E-state index in [0.717, 1.165) is 16.7 Å². The minimum atomic E-state index is -0.141. The van der Waals surface area contributed by atoms with Crippen LogP contribution in [0.1, 0.15) is 27.0 Å². The van der Waals surface area contributed by atoms with Gasteiger partial charge in [-0.15, -0.1) is 0 Å². The summed E-state index contributed by atoms with van der Waals surface area (Å²) in [5, 5.41) is 2.97. The average molecular weight is 436 g/mol. The van der Waals surface area contributed by atoms with E-state index in [9.17, 15) is 4.79 Å². The Morgan fingerprint density at radius 2 is 1.47 bits per heavy atom. The number of hydrogen-bond acceptors (Lipinski definition) is 5. The van der Waals surface area contributed by atoms with E-state index < -0.39 is 0 Å². The molecule has 6 heteroatoms. The van der Waals surface area contributed by atoms with Gasteiger partial charge >= 0.3 is 0 Å². The van der Waals surface area contributed by atoms with E-state index >= 15 is 0 Å². The molecule has 0 bridgehead atoms. The summed E-state index contributed by atoms with van der Waals surface area (Å²) in [5.41, 5.74) is 3.54. The number of amides is 1. The van der Waals surface area contributed by atoms with Crippen molar-refractivity contribution in [3.05, 3.63) is 89.0 Å². The highest BCUT2D eigenvalue weighted by Gasteiger charge is 2.11. The normalized spacial score (nSPS) is 10.5. The molecular formula is C26H29NO5. The fraction of sp³-hybridized carbons (Fsp3) is 0.269. The molecule has 32 heavy (non-hydrogen) atoms. The van der Waals surface area contributed by atoms with Crippen LogP contribution in [0.3, 0.4) is 0 Å². The molecule has 1 amide bonds. The molecule has 0 aliphatic carbocycles. The molecule has 0 radical (unpaired) electrons. The van der Waals surface area contributed by atoms with Crippen LogP contribution in [0.4, 0.5) is 0 Å². The Morgan fingerprint density at radius 1 is 0.750 bits per heavy atom. The van der Waals surface area contributed by atoms with Gasteiger partial charge in [-0.1, -0.05) is 36.4 Å². The molecule has 6 nitrogen and oxygen atoms in total. The molecule has 0 saturated carbocycles. The molecule has 0 fully saturated rings. The molecule has 0 aromatic heterocycles. The van der Waals surface area contributed by atoms with Crippen LogP contribution < -0.4 is 19.5 Å². The molecular weight excluding hydrogens is 406 g/mol. The van der Waals surface area contributed by atoms with E-state index in [-0.39, 0.29) is 5.91 Å². The van der Waals surface area contributed by atoms with Gasteiger partial charge in [0.05, 0.1) is 34.5 Å². The Hall–Kier alpha value is -3.51. The number of nitrogens with one attached hydrogen (secondary N) is 1. The van der Waals surface area contributed by atoms with Gasteiger partial charge < -0.3 is 24.3 Å². The molecule has 0 unspecified atom stereocenters. The van der Waals surface area contributed by atoms with Gasteiger partial charge in [0.25, 0.3) is 5.91 Å². The highest BCUT2D eigenvalue weighted by atomic mass is 16.5. The molecule has 0 aliphatic heterocycles. The van der Waals surface area contributed by atoms with Crippen LogP contribution in [0.15, 0.2) is 66.7 Å². The van der Waals surface area contributed by atoms with Crippen molar-refractivity contribution in [3.8, 4) is 17.2 Å². The molecule has 0 aliphatic rings. The topological polar surface area (TPSA) is 66.0 Å². The molecule has 0 heterocycles. The van der Waals surface area contributed by atoms with Crippen LogP contribution in [-0.2, 0) is 24.4 Å². The highest BCUT2D eigenvalue weighted by molar-refractivity contribution is 5.94. The fourth-order valence-electron chi connectivity index (χ4n) is 3.34. The van der Waals surface area contributed by atoms with Gasteiger partial charge in [-0.3, -0.25) is 4.79 Å². The zero-order valence-electron chi connectivity index (χ0n) is 18.7. The number of ether oxygens (including phenoxy) is 4. The summed E-state index contributed by atoms with van der Waals surface area (Å²) in [6, 6.07) is 21.1. The number of rotatable bonds is 11. The lowest BCUT2D eigenvalue weighted by molar-refractivity contribution is 0.0951. The van der Waals surface area contributed by atoms with Crippen molar-refractivity contribution in [2.45, 2.75) is 19.6 Å². The van der Waals surface area contributed by atoms with E-state index in [1.54, 1.807) is 33.5 Å². The quantitative estimate of drug-likeness (QED) is 0.484. The van der Waals surface area contributed by atoms with Crippen molar-refractivity contribution >= 4 is 5.91 Å². The van der Waals surface area contributed by atoms with Crippen LogP contribution in [0.2, 0.25) is 0 Å². The summed E-state index contributed by atoms with van der Waals surface area (Å²) in [6.07, 6.45) is 0.676. The third-order valence-corrected chi connectivity index (χ3v) is 5.06. The Balaban J connectivity index is 1.57. The van der Waals surface area contributed by atoms with Crippen molar-refractivity contribution in [2.75, 3.05) is 27.9 Å². The maximum atomic E-state index is 12.7. The second-order valence-corrected chi connectivity index (χ2v) is 7.20. The van der Waals surface area contributed by atoms with E-state index in [4.69, 9.17) is 18.9 Å². The van der Waals surface area contributed by atoms with E-state index in [0.29, 0.717) is 49.0 Å². The van der Waals surface area contributed by atoms with E-state index in [1.165, 1.54) is 0 Å². The molecule has 1 N–H and O–H groups in total. The summed E-state index contributed by atoms with van der Waals surface area (Å²) in [4.78, 5) is 12.7. The minimum Gasteiger partial charge on any atom is -0.496 e. The predicted molar refractivity (Wildman–Crippen MR) is 124 cm³/mol. The van der Waals surface area contributed by atoms with Crippen molar-refractivity contribution in [2.24, 2.45) is 0 Å². The predicted octanol–water partition coefficient (Wildman–Crippen LogP) is 4.40. The van der Waals surface area contributed by atoms with Crippen molar-refractivity contribution in [3.63, 3.8) is 0 Å². The van der Waals surface area contributed by atoms with Crippen molar-refractivity contribution < 1.29 is 23.7 Å². The molecule has 3 aromatic carbocycles. The molecule has 3 aromatic rings. The van der Waals surface area contributed by atoms with E-state index in [2.05, 4.69) is 5.32 Å². The van der Waals surface area contributed by atoms with Gasteiger partial charge in [-0.25, -0.2) is 0 Å². The van der Waals surface area contributed by atoms with Gasteiger partial charge in [-0.2, -0.15) is 0 Å². The zero-order valence-corrected chi connectivity index (χ0v) is 18.7. The Labute approximate surface area is 189 Å². The van der Waals surface area contributed by atoms with Crippen molar-refractivity contribution in [1.82, 2.24) is 5.32 Å². The second kappa shape index (κ2) is 11.8. The first kappa shape index (κ1) is 23.2. The lowest BCUT2D eigenvalue weighted by Gasteiger charge is -2.12. The lowest BCUT2D eigenvalue weighted by atomic mass is 10.1. The first-order chi connectivity index (χ1) is 15.6. The van der Waals surface area contributed by atoms with Gasteiger partial charge in [-0.05, 0) is 47.9 Å². The standard InChI is InChI=1S/C26H29NO5/c1-29-23-12-10-21(16-22(23)18-32-17-20-7-5-4-6-8-20)26(28)27-14-13-19-9-11-24(30-2)25(15-19)31-3/h4-12,15-16H,13-14,17-18H2,1-3H3,(H,27,28). The number of carbonyl (C=O) groups excluding carboxylic acids is 1. The summed E-state index contributed by atoms with van der Waals surface area (Å²) >= 11 is 0. The summed E-state index contributed by atoms with van der Waals surface area (Å²) < 4.78 is 21.9. The smallest absolute Gasteiger partial charge is 0.251 e. The second-order valence-electron chi connectivity index (χ2n) is 7.20. The molecule has 0 saturated heterocycles. The highest BCUT2D eigenvalue weighted by Crippen LogP contribution is 2.27. The number of benzene rings is 3. The number of hydrogen-bond donors (Lipinski definition) is 1. The van der Waals surface area contributed by atoms with Crippen LogP contribution in [-0.4, -0.2) is 33.8 Å². The van der Waals surface area contributed by atoms with Crippen LogP contribution in [0, 0.1) is 0 Å². The third kappa shape index (κ3) is 6.25. The maximum absolute atomic E-state index is 12.7. The Morgan fingerprint density at radius 3 is 2.19 bits per heavy atom. The summed E-state index contributed by atoms with van der Waals surface area (Å²) in [5.74, 6) is 1.91. The molecule has 168 valence electrons. The van der Waals surface area contributed by atoms with Crippen molar-refractivity contribution in [1.29, 1.82) is 0 Å². The van der Waals surface area contributed by atoms with Gasteiger partial charge in [0.1, 0.15) is 5.75 Å². The monoisotopic (exact) mass is 435 g/mol. The number of methoxy groups -OCH3 is 3. The largest absolute Gasteiger partial charge is 0.496 e. The molecule has 3 rings (SSSR count). The lowest BCUT2D eigenvalue weighted by Crippen LogP contribution is -2.25. The van der Waals surface area contributed by atoms with Gasteiger partial charge in [0.15, 0.2) is 11.5 Å². The first-order valence-electron chi connectivity index (χ1n) is 10.4. The Kier molecular flexibility index (Phi) is 8.52. The zero-order chi connectivity index (χ0) is 22.8.